The number of ether oxygens (including phenoxy) is 2. The van der Waals surface area contributed by atoms with E-state index in [1.807, 2.05) is 46.0 Å². The Labute approximate surface area is 401 Å². The van der Waals surface area contributed by atoms with Gasteiger partial charge in [0.05, 0.1) is 25.9 Å². The Kier molecular flexibility index (Phi) is 17.4. The van der Waals surface area contributed by atoms with Gasteiger partial charge in [0.15, 0.2) is 0 Å². The summed E-state index contributed by atoms with van der Waals surface area (Å²) < 4.78 is 96.8. The number of aromatic nitrogens is 4. The Bertz CT molecular complexity index is 2800. The van der Waals surface area contributed by atoms with Gasteiger partial charge in [-0.3, -0.25) is 9.63 Å². The van der Waals surface area contributed by atoms with E-state index in [4.69, 9.17) is 14.3 Å². The molecule has 6 rings (SSSR count). The van der Waals surface area contributed by atoms with Crippen LogP contribution in [0.25, 0.3) is 0 Å². The predicted octanol–water partition coefficient (Wildman–Crippen LogP) is 10.9. The lowest BCUT2D eigenvalue weighted by atomic mass is 10.1. The molecule has 370 valence electrons. The third-order valence-electron chi connectivity index (χ3n) is 10.0. The summed E-state index contributed by atoms with van der Waals surface area (Å²) in [6, 6.07) is 22.4. The lowest BCUT2D eigenvalue weighted by Gasteiger charge is -2.20. The van der Waals surface area contributed by atoms with Crippen molar-refractivity contribution in [3.05, 3.63) is 120 Å². The molecule has 0 spiro atoms. The number of para-hydroxylation sites is 2. The van der Waals surface area contributed by atoms with Crippen molar-refractivity contribution >= 4 is 84.6 Å². The molecule has 6 aromatic rings. The second kappa shape index (κ2) is 23.2. The minimum Gasteiger partial charge on any atom is -0.496 e. The Hall–Kier alpha value is -6.82. The quantitative estimate of drug-likeness (QED) is 0.0173. The highest BCUT2D eigenvalue weighted by Crippen LogP contribution is 2.40. The number of benzene rings is 4. The summed E-state index contributed by atoms with van der Waals surface area (Å²) in [5, 5.41) is 22.4. The molecule has 1 atom stereocenters. The van der Waals surface area contributed by atoms with Crippen LogP contribution < -0.4 is 46.8 Å². The first-order valence-electron chi connectivity index (χ1n) is 21.3. The maximum atomic E-state index is 14.3. The summed E-state index contributed by atoms with van der Waals surface area (Å²) >= 11 is 0. The van der Waals surface area contributed by atoms with Gasteiger partial charge in [-0.1, -0.05) is 66.1 Å². The van der Waals surface area contributed by atoms with E-state index >= 15 is 0 Å². The van der Waals surface area contributed by atoms with Crippen molar-refractivity contribution in [1.82, 2.24) is 25.4 Å². The summed E-state index contributed by atoms with van der Waals surface area (Å²) in [5.74, 6) is -2.96. The first-order chi connectivity index (χ1) is 33.2. The molecule has 15 nitrogen and oxygen atoms in total. The molecule has 2 aromatic heterocycles. The molecular weight excluding hydrogens is 963 g/mol. The van der Waals surface area contributed by atoms with Crippen LogP contribution in [0.5, 0.6) is 11.5 Å². The van der Waals surface area contributed by atoms with Crippen molar-refractivity contribution in [2.75, 3.05) is 67.7 Å². The maximum Gasteiger partial charge on any atom is 0.421 e. The number of halogens is 6. The van der Waals surface area contributed by atoms with Crippen molar-refractivity contribution in [3.63, 3.8) is 0 Å². The molecule has 2 heterocycles. The van der Waals surface area contributed by atoms with Crippen LogP contribution in [0.3, 0.4) is 0 Å². The van der Waals surface area contributed by atoms with Crippen LogP contribution in [0, 0.1) is 5.92 Å². The number of anilines is 8. The maximum absolute atomic E-state index is 14.3. The molecule has 1 amide bonds. The molecule has 4 aromatic carbocycles. The molecule has 0 radical (unpaired) electrons. The molecule has 0 aliphatic rings. The number of hydrogen-bond acceptors (Lipinski definition) is 13. The van der Waals surface area contributed by atoms with Gasteiger partial charge < -0.3 is 35.8 Å². The van der Waals surface area contributed by atoms with Crippen molar-refractivity contribution in [3.8, 4) is 11.5 Å². The van der Waals surface area contributed by atoms with Crippen molar-refractivity contribution in [2.45, 2.75) is 32.6 Å². The molecule has 0 saturated carbocycles. The Morgan fingerprint density at radius 3 is 1.73 bits per heavy atom. The van der Waals surface area contributed by atoms with Gasteiger partial charge in [-0.05, 0) is 85.5 Å². The van der Waals surface area contributed by atoms with Crippen molar-refractivity contribution < 1.29 is 55.3 Å². The number of nitrogens with zero attached hydrogens (tertiary/aromatic N) is 4. The number of aromatic carboxylic acids is 1. The highest BCUT2D eigenvalue weighted by molar-refractivity contribution is 7.65. The summed E-state index contributed by atoms with van der Waals surface area (Å²) in [5.41, 5.74) is 1.60. The summed E-state index contributed by atoms with van der Waals surface area (Å²) in [7, 11) is -0.444. The number of carbonyl (C=O) groups excluding carboxylic acids is 1. The van der Waals surface area contributed by atoms with Crippen molar-refractivity contribution in [2.24, 2.45) is 5.92 Å². The van der Waals surface area contributed by atoms with Crippen LogP contribution in [-0.4, -0.2) is 83.4 Å². The number of carboxylic acid groups (broad SMARTS) is 1. The van der Waals surface area contributed by atoms with Crippen molar-refractivity contribution in [1.29, 1.82) is 0 Å². The smallest absolute Gasteiger partial charge is 0.421 e. The molecule has 23 heteroatoms. The van der Waals surface area contributed by atoms with E-state index < -0.39 is 62.8 Å². The van der Waals surface area contributed by atoms with E-state index in [0.717, 1.165) is 10.6 Å². The van der Waals surface area contributed by atoms with Gasteiger partial charge in [-0.15, -0.1) is 0 Å². The Balaban J connectivity index is 1.19. The lowest BCUT2D eigenvalue weighted by Crippen LogP contribution is -2.26. The average Bonchev–Trinajstić information content (AvgIpc) is 3.29. The third kappa shape index (κ3) is 13.9. The number of hydrogen-bond donors (Lipinski definition) is 6. The van der Waals surface area contributed by atoms with Crippen LogP contribution in [0.15, 0.2) is 97.3 Å². The number of carbonyl (C=O) groups is 2. The highest BCUT2D eigenvalue weighted by Gasteiger charge is 2.37. The van der Waals surface area contributed by atoms with E-state index in [1.54, 1.807) is 36.4 Å². The van der Waals surface area contributed by atoms with E-state index in [1.165, 1.54) is 43.5 Å². The largest absolute Gasteiger partial charge is 0.496 e. The molecule has 0 saturated heterocycles. The number of carboxylic acids is 1. The van der Waals surface area contributed by atoms with Gasteiger partial charge in [0.25, 0.3) is 5.91 Å². The number of amides is 1. The molecule has 0 aliphatic carbocycles. The number of alkyl halides is 6. The highest BCUT2D eigenvalue weighted by atomic mass is 31.1. The SMILES string of the molecule is COc1cc(Nc2ncc(C(F)(F)F)c(Nc3ccccc3P(C)CCCOc3cc(Nc4ncc(C(F)(F)F)c(Nc5ccccc5P(C)C)n4)ccc3C(=O)NOCC(C)C)n2)ccc1C(=O)O. The molecular formula is C47H49F6N9O6P2. The Morgan fingerprint density at radius 1 is 0.700 bits per heavy atom. The van der Waals surface area contributed by atoms with E-state index in [9.17, 15) is 41.0 Å². The van der Waals surface area contributed by atoms with Crippen LogP contribution in [0.1, 0.15) is 52.1 Å². The molecule has 6 N–H and O–H groups in total. The summed E-state index contributed by atoms with van der Waals surface area (Å²) in [4.78, 5) is 46.4. The molecule has 70 heavy (non-hydrogen) atoms. The first-order valence-corrected chi connectivity index (χ1v) is 25.6. The minimum atomic E-state index is -4.83. The fourth-order valence-electron chi connectivity index (χ4n) is 6.67. The zero-order valence-corrected chi connectivity index (χ0v) is 40.4. The van der Waals surface area contributed by atoms with Crippen LogP contribution in [0.4, 0.5) is 72.6 Å². The summed E-state index contributed by atoms with van der Waals surface area (Å²) in [6.07, 6.45) is -7.31. The van der Waals surface area contributed by atoms with Gasteiger partial charge in [0.1, 0.15) is 39.8 Å². The van der Waals surface area contributed by atoms with Crippen LogP contribution in [0.2, 0.25) is 0 Å². The van der Waals surface area contributed by atoms with E-state index in [0.29, 0.717) is 42.0 Å². The summed E-state index contributed by atoms with van der Waals surface area (Å²) in [6.45, 7) is 10.0. The number of rotatable bonds is 21. The van der Waals surface area contributed by atoms with Gasteiger partial charge in [-0.25, -0.2) is 20.2 Å². The van der Waals surface area contributed by atoms with Gasteiger partial charge in [0, 0.05) is 47.3 Å². The lowest BCUT2D eigenvalue weighted by molar-refractivity contribution is -0.138. The Morgan fingerprint density at radius 2 is 1.21 bits per heavy atom. The minimum absolute atomic E-state index is 0.0141. The molecule has 0 bridgehead atoms. The molecule has 1 unspecified atom stereocenters. The van der Waals surface area contributed by atoms with Gasteiger partial charge in [-0.2, -0.15) is 36.3 Å². The van der Waals surface area contributed by atoms with Gasteiger partial charge in [0.2, 0.25) is 11.9 Å². The zero-order chi connectivity index (χ0) is 50.8. The first kappa shape index (κ1) is 52.5. The third-order valence-corrected chi connectivity index (χ3v) is 13.6. The fraction of sp³-hybridized carbons (Fsp3) is 0.277. The second-order valence-corrected chi connectivity index (χ2v) is 20.6. The standard InChI is InChI=1S/C47H49F6N9O6P2/c1-27(2)26-68-62-42(63)30-18-16-29(57-45-55-24-32(46(48,49)50)40(60-45)58-34-12-7-9-14-38(34)69(4)5)23-37(30)67-20-11-21-70(6)39-15-10-8-13-35(39)59-41-33(47(51,52)53)25-54-44(61-41)56-28-17-19-31(43(64)65)36(22-28)66-3/h7-10,12-19,22-25,27H,11,20-21,26H2,1-6H3,(H,62,63)(H,64,65)(H2,54,56,59,61)(H2,55,57,58,60). The van der Waals surface area contributed by atoms with Crippen LogP contribution >= 0.6 is 15.8 Å². The zero-order valence-electron chi connectivity index (χ0n) is 38.6. The predicted molar refractivity (Wildman–Crippen MR) is 261 cm³/mol. The molecule has 0 fully saturated rings. The van der Waals surface area contributed by atoms with E-state index in [-0.39, 0.29) is 59.3 Å². The fourth-order valence-corrected chi connectivity index (χ4v) is 9.39. The average molecular weight is 1010 g/mol. The topological polar surface area (TPSA) is 194 Å². The van der Waals surface area contributed by atoms with E-state index in [2.05, 4.69) is 46.7 Å². The van der Waals surface area contributed by atoms with Gasteiger partial charge >= 0.3 is 18.3 Å². The number of hydroxylamine groups is 1. The number of methoxy groups -OCH3 is 1. The number of nitrogens with one attached hydrogen (secondary N) is 5. The monoisotopic (exact) mass is 1010 g/mol. The molecule has 0 aliphatic heterocycles. The second-order valence-electron chi connectivity index (χ2n) is 16.0. The van der Waals surface area contributed by atoms with Crippen LogP contribution in [-0.2, 0) is 17.2 Å². The normalized spacial score (nSPS) is 12.1.